The van der Waals surface area contributed by atoms with Gasteiger partial charge in [0, 0.05) is 44.1 Å². The van der Waals surface area contributed by atoms with Crippen LogP contribution in [0.25, 0.3) is 28.5 Å². The first-order chi connectivity index (χ1) is 16.0. The quantitative estimate of drug-likeness (QED) is 0.405. The number of ether oxygens (including phenoxy) is 1. The predicted octanol–water partition coefficient (Wildman–Crippen LogP) is 2.28. The van der Waals surface area contributed by atoms with E-state index in [0.29, 0.717) is 65.8 Å². The van der Waals surface area contributed by atoms with E-state index in [-0.39, 0.29) is 0 Å². The van der Waals surface area contributed by atoms with E-state index in [2.05, 4.69) is 25.0 Å². The normalized spacial score (nSPS) is 15.8. The highest BCUT2D eigenvalue weighted by molar-refractivity contribution is 7.87. The number of oxazole rings is 1. The van der Waals surface area contributed by atoms with Crippen LogP contribution in [0.4, 0.5) is 5.95 Å². The van der Waals surface area contributed by atoms with Gasteiger partial charge in [0.2, 0.25) is 5.95 Å². The number of hydrogen-bond donors (Lipinski definition) is 2. The third-order valence-electron chi connectivity index (χ3n) is 5.21. The van der Waals surface area contributed by atoms with Crippen molar-refractivity contribution in [1.29, 1.82) is 0 Å². The molecule has 2 N–H and O–H groups in total. The second-order valence-electron chi connectivity index (χ2n) is 7.20. The third-order valence-corrected chi connectivity index (χ3v) is 7.14. The van der Waals surface area contributed by atoms with Gasteiger partial charge in [-0.25, -0.2) is 14.7 Å². The lowest BCUT2D eigenvalue weighted by atomic mass is 10.1. The predicted molar refractivity (Wildman–Crippen MR) is 122 cm³/mol. The van der Waals surface area contributed by atoms with Gasteiger partial charge in [0.1, 0.15) is 23.4 Å². The van der Waals surface area contributed by atoms with Gasteiger partial charge in [0.25, 0.3) is 10.2 Å². The summed E-state index contributed by atoms with van der Waals surface area (Å²) >= 11 is 6.19. The van der Waals surface area contributed by atoms with Crippen LogP contribution in [-0.4, -0.2) is 65.4 Å². The summed E-state index contributed by atoms with van der Waals surface area (Å²) in [6, 6.07) is 7.17. The number of halogens is 1. The fraction of sp³-hybridized carbons (Fsp3) is 0.250. The van der Waals surface area contributed by atoms with Crippen molar-refractivity contribution in [2.45, 2.75) is 0 Å². The van der Waals surface area contributed by atoms with E-state index >= 15 is 0 Å². The number of fused-ring (bicyclic) bond motifs is 1. The summed E-state index contributed by atoms with van der Waals surface area (Å²) < 4.78 is 40.2. The summed E-state index contributed by atoms with van der Waals surface area (Å²) in [5.41, 5.74) is 2.74. The average molecular weight is 490 g/mol. The second-order valence-corrected chi connectivity index (χ2v) is 9.37. The Hall–Kier alpha value is -3.19. The molecule has 0 radical (unpaired) electrons. The van der Waals surface area contributed by atoms with Crippen LogP contribution < -0.4 is 14.8 Å². The lowest BCUT2D eigenvalue weighted by molar-refractivity contribution is 0.415. The highest BCUT2D eigenvalue weighted by Crippen LogP contribution is 2.36. The molecule has 5 rings (SSSR count). The first-order valence-electron chi connectivity index (χ1n) is 10.1. The van der Waals surface area contributed by atoms with Gasteiger partial charge in [0.15, 0.2) is 0 Å². The maximum atomic E-state index is 11.9. The molecule has 13 heteroatoms. The van der Waals surface area contributed by atoms with Gasteiger partial charge < -0.3 is 14.5 Å². The SMILES string of the molecule is COc1cc(-c2nc3occn3c2-c2ccnc(NCCN3CCNS3(=O)=O)n2)ccc1Cl. The Morgan fingerprint density at radius 1 is 1.30 bits per heavy atom. The molecule has 0 unspecified atom stereocenters. The van der Waals surface area contributed by atoms with Gasteiger partial charge in [-0.05, 0) is 18.2 Å². The Kier molecular flexibility index (Phi) is 5.66. The van der Waals surface area contributed by atoms with Crippen LogP contribution in [0.5, 0.6) is 5.75 Å². The molecule has 11 nitrogen and oxygen atoms in total. The molecule has 0 aliphatic carbocycles. The minimum atomic E-state index is -3.39. The van der Waals surface area contributed by atoms with Crippen LogP contribution in [-0.2, 0) is 10.2 Å². The Bertz CT molecular complexity index is 1420. The molecule has 4 heterocycles. The minimum absolute atomic E-state index is 0.303. The Balaban J connectivity index is 1.46. The smallest absolute Gasteiger partial charge is 0.306 e. The third kappa shape index (κ3) is 4.13. The highest BCUT2D eigenvalue weighted by Gasteiger charge is 2.27. The first-order valence-corrected chi connectivity index (χ1v) is 11.9. The molecule has 172 valence electrons. The van der Waals surface area contributed by atoms with Crippen molar-refractivity contribution >= 4 is 33.6 Å². The van der Waals surface area contributed by atoms with Crippen molar-refractivity contribution in [1.82, 2.24) is 28.4 Å². The van der Waals surface area contributed by atoms with Crippen molar-refractivity contribution in [3.63, 3.8) is 0 Å². The number of nitrogens with zero attached hydrogens (tertiary/aromatic N) is 5. The molecule has 3 aromatic heterocycles. The molecule has 1 aliphatic rings. The average Bonchev–Trinajstić information content (AvgIpc) is 3.49. The van der Waals surface area contributed by atoms with E-state index in [0.717, 1.165) is 5.56 Å². The van der Waals surface area contributed by atoms with Gasteiger partial charge in [-0.2, -0.15) is 17.7 Å². The van der Waals surface area contributed by atoms with Crippen molar-refractivity contribution in [3.05, 3.63) is 47.9 Å². The fourth-order valence-corrected chi connectivity index (χ4v) is 5.04. The first kappa shape index (κ1) is 21.6. The molecule has 1 fully saturated rings. The largest absolute Gasteiger partial charge is 0.495 e. The number of benzene rings is 1. The van der Waals surface area contributed by atoms with Crippen LogP contribution >= 0.6 is 11.6 Å². The maximum Gasteiger partial charge on any atom is 0.306 e. The number of hydrogen-bond acceptors (Lipinski definition) is 8. The van der Waals surface area contributed by atoms with Gasteiger partial charge in [-0.1, -0.05) is 17.7 Å². The van der Waals surface area contributed by atoms with Crippen LogP contribution in [0.1, 0.15) is 0 Å². The molecule has 0 atom stereocenters. The molecular weight excluding hydrogens is 470 g/mol. The summed E-state index contributed by atoms with van der Waals surface area (Å²) in [5, 5.41) is 3.59. The number of rotatable bonds is 7. The van der Waals surface area contributed by atoms with Crippen LogP contribution in [0.15, 0.2) is 47.3 Å². The summed E-state index contributed by atoms with van der Waals surface area (Å²) in [6.07, 6.45) is 4.93. The van der Waals surface area contributed by atoms with Crippen molar-refractivity contribution in [2.75, 3.05) is 38.6 Å². The second kappa shape index (κ2) is 8.63. The number of methoxy groups -OCH3 is 1. The van der Waals surface area contributed by atoms with E-state index < -0.39 is 10.2 Å². The van der Waals surface area contributed by atoms with Crippen LogP contribution in [0.2, 0.25) is 5.02 Å². The monoisotopic (exact) mass is 489 g/mol. The number of nitrogens with one attached hydrogen (secondary N) is 2. The van der Waals surface area contributed by atoms with E-state index in [1.165, 1.54) is 4.31 Å². The van der Waals surface area contributed by atoms with E-state index in [1.807, 2.05) is 6.07 Å². The molecule has 0 spiro atoms. The lowest BCUT2D eigenvalue weighted by Crippen LogP contribution is -2.33. The van der Waals surface area contributed by atoms with Crippen LogP contribution in [0, 0.1) is 0 Å². The molecule has 1 aromatic carbocycles. The topological polar surface area (TPSA) is 127 Å². The molecular formula is C20H20ClN7O4S. The molecule has 33 heavy (non-hydrogen) atoms. The fourth-order valence-electron chi connectivity index (χ4n) is 3.65. The number of imidazole rings is 1. The van der Waals surface area contributed by atoms with E-state index in [4.69, 9.17) is 20.8 Å². The molecule has 1 aliphatic heterocycles. The Morgan fingerprint density at radius 2 is 2.18 bits per heavy atom. The van der Waals surface area contributed by atoms with Crippen molar-refractivity contribution in [3.8, 4) is 28.4 Å². The van der Waals surface area contributed by atoms with Crippen LogP contribution in [0.3, 0.4) is 0 Å². The summed E-state index contributed by atoms with van der Waals surface area (Å²) in [4.78, 5) is 13.5. The van der Waals surface area contributed by atoms with Gasteiger partial charge in [0.05, 0.1) is 17.8 Å². The zero-order valence-electron chi connectivity index (χ0n) is 17.5. The van der Waals surface area contributed by atoms with Gasteiger partial charge >= 0.3 is 5.84 Å². The van der Waals surface area contributed by atoms with Gasteiger partial charge in [-0.3, -0.25) is 4.40 Å². The highest BCUT2D eigenvalue weighted by atomic mass is 35.5. The summed E-state index contributed by atoms with van der Waals surface area (Å²) in [6.45, 7) is 1.51. The zero-order valence-corrected chi connectivity index (χ0v) is 19.1. The van der Waals surface area contributed by atoms with E-state index in [1.54, 1.807) is 48.4 Å². The maximum absolute atomic E-state index is 11.9. The molecule has 0 bridgehead atoms. The zero-order chi connectivity index (χ0) is 23.0. The molecule has 0 saturated carbocycles. The summed E-state index contributed by atoms with van der Waals surface area (Å²) in [7, 11) is -1.84. The molecule has 4 aromatic rings. The van der Waals surface area contributed by atoms with E-state index in [9.17, 15) is 8.42 Å². The Morgan fingerprint density at radius 3 is 2.97 bits per heavy atom. The molecule has 0 amide bonds. The standard InChI is InChI=1S/C20H20ClN7O4S/c1-31-16-12-13(2-3-14(16)21)17-18(28-10-11-32-20(28)26-17)15-4-5-22-19(25-15)23-6-8-27-9-7-24-33(27,29)30/h2-5,10-12,24H,6-9H2,1H3,(H,22,23,25). The number of aromatic nitrogens is 4. The Labute approximate surface area is 194 Å². The van der Waals surface area contributed by atoms with Crippen molar-refractivity contribution in [2.24, 2.45) is 0 Å². The van der Waals surface area contributed by atoms with Gasteiger partial charge in [-0.15, -0.1) is 0 Å². The van der Waals surface area contributed by atoms with Crippen molar-refractivity contribution < 1.29 is 17.6 Å². The number of anilines is 1. The molecule has 1 saturated heterocycles. The lowest BCUT2D eigenvalue weighted by Gasteiger charge is -2.13. The minimum Gasteiger partial charge on any atom is -0.495 e. The summed E-state index contributed by atoms with van der Waals surface area (Å²) in [5.74, 6) is 1.31.